The first kappa shape index (κ1) is 12.1. The number of rotatable bonds is 2. The lowest BCUT2D eigenvalue weighted by molar-refractivity contribution is 0.977. The molecule has 2 aromatic heterocycles. The van der Waals surface area contributed by atoms with Crippen molar-refractivity contribution in [2.45, 2.75) is 25.7 Å². The molecule has 0 aromatic carbocycles. The van der Waals surface area contributed by atoms with Gasteiger partial charge in [0.25, 0.3) is 0 Å². The highest BCUT2D eigenvalue weighted by Crippen LogP contribution is 2.44. The van der Waals surface area contributed by atoms with Gasteiger partial charge in [-0.05, 0) is 47.8 Å². The van der Waals surface area contributed by atoms with Gasteiger partial charge in [0.05, 0.1) is 10.2 Å². The molecule has 3 nitrogen and oxygen atoms in total. The summed E-state index contributed by atoms with van der Waals surface area (Å²) in [5, 5.41) is 0.475. The molecule has 3 rings (SSSR count). The van der Waals surface area contributed by atoms with Gasteiger partial charge in [-0.15, -0.1) is 0 Å². The molecule has 2 aromatic rings. The first-order chi connectivity index (χ1) is 8.65. The second-order valence-corrected chi connectivity index (χ2v) is 5.65. The molecule has 1 aliphatic rings. The Labute approximate surface area is 119 Å². The molecule has 0 radical (unpaired) electrons. The zero-order valence-corrected chi connectivity index (χ0v) is 12.2. The van der Waals surface area contributed by atoms with E-state index in [4.69, 9.17) is 11.6 Å². The summed E-state index contributed by atoms with van der Waals surface area (Å²) >= 11 is 9.62. The highest BCUT2D eigenvalue weighted by molar-refractivity contribution is 9.10. The normalized spacial score (nSPS) is 14.8. The molecule has 5 heteroatoms. The predicted octanol–water partition coefficient (Wildman–Crippen LogP) is 4.14. The molecule has 92 valence electrons. The van der Waals surface area contributed by atoms with Crippen LogP contribution in [-0.4, -0.2) is 15.0 Å². The summed E-state index contributed by atoms with van der Waals surface area (Å²) in [7, 11) is 0. The average molecular weight is 325 g/mol. The van der Waals surface area contributed by atoms with Crippen LogP contribution in [0.3, 0.4) is 0 Å². The Kier molecular flexibility index (Phi) is 3.08. The van der Waals surface area contributed by atoms with Crippen LogP contribution in [0.4, 0.5) is 0 Å². The molecule has 0 saturated heterocycles. The van der Waals surface area contributed by atoms with Crippen LogP contribution in [0.5, 0.6) is 0 Å². The van der Waals surface area contributed by atoms with Crippen LogP contribution in [0.15, 0.2) is 22.8 Å². The molecule has 0 atom stereocenters. The minimum atomic E-state index is 0.475. The summed E-state index contributed by atoms with van der Waals surface area (Å²) in [6.07, 6.45) is 4.14. The van der Waals surface area contributed by atoms with Gasteiger partial charge >= 0.3 is 0 Å². The molecule has 0 unspecified atom stereocenters. The Morgan fingerprint density at radius 3 is 2.67 bits per heavy atom. The first-order valence-electron chi connectivity index (χ1n) is 5.81. The van der Waals surface area contributed by atoms with Gasteiger partial charge in [0.2, 0.25) is 0 Å². The second-order valence-electron chi connectivity index (χ2n) is 4.50. The monoisotopic (exact) mass is 323 g/mol. The molecule has 2 heterocycles. The molecule has 0 N–H and O–H groups in total. The SMILES string of the molecule is Cc1ccc(-c2nc(Cl)c(Br)c(C3CC3)n2)cn1. The number of hydrogen-bond acceptors (Lipinski definition) is 3. The van der Waals surface area contributed by atoms with Crippen molar-refractivity contribution in [3.05, 3.63) is 39.3 Å². The number of halogens is 2. The van der Waals surface area contributed by atoms with Gasteiger partial charge in [0.15, 0.2) is 5.82 Å². The van der Waals surface area contributed by atoms with Gasteiger partial charge in [-0.25, -0.2) is 9.97 Å². The van der Waals surface area contributed by atoms with Gasteiger partial charge in [0.1, 0.15) is 5.15 Å². The fourth-order valence-electron chi connectivity index (χ4n) is 1.79. The lowest BCUT2D eigenvalue weighted by Crippen LogP contribution is -1.97. The zero-order valence-electron chi connectivity index (χ0n) is 9.82. The quantitative estimate of drug-likeness (QED) is 0.779. The maximum Gasteiger partial charge on any atom is 0.162 e. The van der Waals surface area contributed by atoms with Gasteiger partial charge in [-0.1, -0.05) is 11.6 Å². The number of nitrogens with zero attached hydrogens (tertiary/aromatic N) is 3. The lowest BCUT2D eigenvalue weighted by Gasteiger charge is -2.07. The van der Waals surface area contributed by atoms with Crippen LogP contribution in [0.25, 0.3) is 11.4 Å². The van der Waals surface area contributed by atoms with Crippen molar-refractivity contribution in [3.63, 3.8) is 0 Å². The van der Waals surface area contributed by atoms with Crippen LogP contribution < -0.4 is 0 Å². The Hall–Kier alpha value is -1.00. The van der Waals surface area contributed by atoms with E-state index in [1.54, 1.807) is 6.20 Å². The van der Waals surface area contributed by atoms with Crippen LogP contribution in [-0.2, 0) is 0 Å². The van der Waals surface area contributed by atoms with E-state index in [2.05, 4.69) is 30.9 Å². The van der Waals surface area contributed by atoms with Crippen LogP contribution in [0.2, 0.25) is 5.15 Å². The fourth-order valence-corrected chi connectivity index (χ4v) is 2.47. The maximum absolute atomic E-state index is 6.15. The summed E-state index contributed by atoms with van der Waals surface area (Å²) in [5.41, 5.74) is 2.90. The van der Waals surface area contributed by atoms with Gasteiger partial charge in [-0.2, -0.15) is 0 Å². The third-order valence-electron chi connectivity index (χ3n) is 2.97. The number of aromatic nitrogens is 3. The Morgan fingerprint density at radius 2 is 2.06 bits per heavy atom. The highest BCUT2D eigenvalue weighted by Gasteiger charge is 2.29. The van der Waals surface area contributed by atoms with E-state index in [9.17, 15) is 0 Å². The van der Waals surface area contributed by atoms with Crippen molar-refractivity contribution in [1.29, 1.82) is 0 Å². The highest BCUT2D eigenvalue weighted by atomic mass is 79.9. The Balaban J connectivity index is 2.09. The van der Waals surface area contributed by atoms with Gasteiger partial charge in [0, 0.05) is 23.4 Å². The van der Waals surface area contributed by atoms with Crippen LogP contribution in [0.1, 0.15) is 30.1 Å². The Bertz CT molecular complexity index is 594. The molecule has 1 fully saturated rings. The van der Waals surface area contributed by atoms with E-state index in [0.717, 1.165) is 21.4 Å². The van der Waals surface area contributed by atoms with E-state index in [1.165, 1.54) is 12.8 Å². The third kappa shape index (κ3) is 2.27. The topological polar surface area (TPSA) is 38.7 Å². The summed E-state index contributed by atoms with van der Waals surface area (Å²) in [6.45, 7) is 1.95. The minimum absolute atomic E-state index is 0.475. The van der Waals surface area contributed by atoms with Crippen molar-refractivity contribution in [3.8, 4) is 11.4 Å². The smallest absolute Gasteiger partial charge is 0.162 e. The molecule has 1 aliphatic carbocycles. The van der Waals surface area contributed by atoms with Crippen molar-refractivity contribution < 1.29 is 0 Å². The Morgan fingerprint density at radius 1 is 1.28 bits per heavy atom. The summed E-state index contributed by atoms with van der Waals surface area (Å²) in [4.78, 5) is 13.2. The van der Waals surface area contributed by atoms with E-state index in [-0.39, 0.29) is 0 Å². The summed E-state index contributed by atoms with van der Waals surface area (Å²) in [6, 6.07) is 3.92. The molecular weight excluding hydrogens is 314 g/mol. The van der Waals surface area contributed by atoms with E-state index in [1.807, 2.05) is 19.1 Å². The molecule has 1 saturated carbocycles. The van der Waals surface area contributed by atoms with E-state index in [0.29, 0.717) is 16.9 Å². The zero-order chi connectivity index (χ0) is 12.7. The van der Waals surface area contributed by atoms with E-state index >= 15 is 0 Å². The van der Waals surface area contributed by atoms with Gasteiger partial charge in [-0.3, -0.25) is 4.98 Å². The van der Waals surface area contributed by atoms with Gasteiger partial charge < -0.3 is 0 Å². The van der Waals surface area contributed by atoms with Crippen molar-refractivity contribution in [2.24, 2.45) is 0 Å². The van der Waals surface area contributed by atoms with Crippen molar-refractivity contribution >= 4 is 27.5 Å². The van der Waals surface area contributed by atoms with Crippen LogP contribution >= 0.6 is 27.5 Å². The lowest BCUT2D eigenvalue weighted by atomic mass is 10.2. The third-order valence-corrected chi connectivity index (χ3v) is 4.25. The molecule has 0 bridgehead atoms. The standard InChI is InChI=1S/C13H11BrClN3/c1-7-2-3-9(6-16-7)13-17-11(8-4-5-8)10(14)12(15)18-13/h2-3,6,8H,4-5H2,1H3. The molecule has 18 heavy (non-hydrogen) atoms. The fraction of sp³-hybridized carbons (Fsp3) is 0.308. The minimum Gasteiger partial charge on any atom is -0.261 e. The molecule has 0 amide bonds. The number of pyridine rings is 1. The van der Waals surface area contributed by atoms with E-state index < -0.39 is 0 Å². The van der Waals surface area contributed by atoms with Crippen LogP contribution in [0, 0.1) is 6.92 Å². The van der Waals surface area contributed by atoms with Crippen molar-refractivity contribution in [2.75, 3.05) is 0 Å². The predicted molar refractivity (Wildman–Crippen MR) is 74.7 cm³/mol. The summed E-state index contributed by atoms with van der Waals surface area (Å²) < 4.78 is 0.829. The number of hydrogen-bond donors (Lipinski definition) is 0. The average Bonchev–Trinajstić information content (AvgIpc) is 3.18. The van der Waals surface area contributed by atoms with Crippen molar-refractivity contribution in [1.82, 2.24) is 15.0 Å². The maximum atomic E-state index is 6.15. The number of aryl methyl sites for hydroxylation is 1. The molecule has 0 spiro atoms. The molecular formula is C13H11BrClN3. The summed E-state index contributed by atoms with van der Waals surface area (Å²) in [5.74, 6) is 1.18. The first-order valence-corrected chi connectivity index (χ1v) is 6.98. The largest absolute Gasteiger partial charge is 0.261 e. The molecule has 0 aliphatic heterocycles. The second kappa shape index (κ2) is 4.59.